The molecule has 0 saturated heterocycles. The molecule has 1 unspecified atom stereocenters. The smallest absolute Gasteiger partial charge is 0.231 e. The molecular weight excluding hydrogens is 220 g/mol. The summed E-state index contributed by atoms with van der Waals surface area (Å²) in [5, 5.41) is 0. The first-order chi connectivity index (χ1) is 8.31. The first kappa shape index (κ1) is 12.0. The van der Waals surface area contributed by atoms with Gasteiger partial charge in [0.1, 0.15) is 6.61 Å². The molecule has 0 aromatic heterocycles. The molecule has 1 aromatic carbocycles. The minimum absolute atomic E-state index is 0.263. The minimum Gasteiger partial charge on any atom is -0.487 e. The molecule has 17 heavy (non-hydrogen) atoms. The monoisotopic (exact) mass is 238 g/mol. The van der Waals surface area contributed by atoms with Crippen molar-refractivity contribution in [3.05, 3.63) is 18.2 Å². The fourth-order valence-corrected chi connectivity index (χ4v) is 1.54. The molecule has 1 aliphatic rings. The lowest BCUT2D eigenvalue weighted by atomic mass is 10.3. The fourth-order valence-electron chi connectivity index (χ4n) is 1.54. The van der Waals surface area contributed by atoms with Gasteiger partial charge < -0.3 is 18.9 Å². The van der Waals surface area contributed by atoms with Gasteiger partial charge in [-0.1, -0.05) is 13.0 Å². The number of benzene rings is 1. The van der Waals surface area contributed by atoms with Crippen LogP contribution in [0.3, 0.4) is 0 Å². The molecule has 0 aliphatic carbocycles. The summed E-state index contributed by atoms with van der Waals surface area (Å²) >= 11 is 0. The molecule has 0 amide bonds. The minimum atomic E-state index is 0.263. The van der Waals surface area contributed by atoms with Crippen molar-refractivity contribution in [3.8, 4) is 17.2 Å². The van der Waals surface area contributed by atoms with Gasteiger partial charge in [-0.2, -0.15) is 0 Å². The van der Waals surface area contributed by atoms with Crippen LogP contribution >= 0.6 is 0 Å². The van der Waals surface area contributed by atoms with Crippen molar-refractivity contribution >= 4 is 0 Å². The highest BCUT2D eigenvalue weighted by atomic mass is 16.7. The molecule has 1 aromatic rings. The van der Waals surface area contributed by atoms with E-state index in [1.807, 2.05) is 18.2 Å². The maximum atomic E-state index is 5.61. The Kier molecular flexibility index (Phi) is 4.09. The van der Waals surface area contributed by atoms with Gasteiger partial charge in [-0.05, 0) is 25.5 Å². The van der Waals surface area contributed by atoms with Crippen molar-refractivity contribution in [1.82, 2.24) is 0 Å². The van der Waals surface area contributed by atoms with E-state index in [0.717, 1.165) is 12.2 Å². The van der Waals surface area contributed by atoms with Gasteiger partial charge in [-0.15, -0.1) is 0 Å². The maximum absolute atomic E-state index is 5.61. The van der Waals surface area contributed by atoms with Crippen LogP contribution in [0.2, 0.25) is 0 Å². The standard InChI is InChI=1S/C13H18O4/c1-3-10(2)14-7-8-15-11-5-4-6-12-13(11)17-9-16-12/h4-6,10H,3,7-9H2,1-2H3. The predicted octanol–water partition coefficient (Wildman–Crippen LogP) is 2.61. The average Bonchev–Trinajstić information content (AvgIpc) is 2.83. The van der Waals surface area contributed by atoms with Gasteiger partial charge in [-0.3, -0.25) is 0 Å². The Labute approximate surface area is 101 Å². The van der Waals surface area contributed by atoms with Crippen molar-refractivity contribution < 1.29 is 18.9 Å². The van der Waals surface area contributed by atoms with Gasteiger partial charge >= 0.3 is 0 Å². The number of fused-ring (bicyclic) bond motifs is 1. The molecule has 0 saturated carbocycles. The van der Waals surface area contributed by atoms with Crippen LogP contribution in [0.4, 0.5) is 0 Å². The summed E-state index contributed by atoms with van der Waals surface area (Å²) in [7, 11) is 0. The SMILES string of the molecule is CCC(C)OCCOc1cccc2c1OCO2. The van der Waals surface area contributed by atoms with Crippen molar-refractivity contribution in [2.24, 2.45) is 0 Å². The van der Waals surface area contributed by atoms with E-state index in [2.05, 4.69) is 13.8 Å². The molecule has 94 valence electrons. The summed E-state index contributed by atoms with van der Waals surface area (Å²) < 4.78 is 21.8. The van der Waals surface area contributed by atoms with Crippen molar-refractivity contribution in [2.45, 2.75) is 26.4 Å². The van der Waals surface area contributed by atoms with Gasteiger partial charge in [0.05, 0.1) is 12.7 Å². The Hall–Kier alpha value is -1.42. The second kappa shape index (κ2) is 5.77. The molecule has 0 radical (unpaired) electrons. The third-order valence-electron chi connectivity index (χ3n) is 2.68. The topological polar surface area (TPSA) is 36.9 Å². The van der Waals surface area contributed by atoms with E-state index in [1.54, 1.807) is 0 Å². The van der Waals surface area contributed by atoms with Crippen LogP contribution in [0, 0.1) is 0 Å². The summed E-state index contributed by atoms with van der Waals surface area (Å²) in [5.74, 6) is 2.15. The van der Waals surface area contributed by atoms with Gasteiger partial charge in [0.25, 0.3) is 0 Å². The third kappa shape index (κ3) is 3.03. The summed E-state index contributed by atoms with van der Waals surface area (Å²) in [6, 6.07) is 5.62. The summed E-state index contributed by atoms with van der Waals surface area (Å²) in [4.78, 5) is 0. The van der Waals surface area contributed by atoms with Gasteiger partial charge in [-0.25, -0.2) is 0 Å². The van der Waals surface area contributed by atoms with Crippen LogP contribution in [0.15, 0.2) is 18.2 Å². The highest BCUT2D eigenvalue weighted by Gasteiger charge is 2.18. The quantitative estimate of drug-likeness (QED) is 0.714. The van der Waals surface area contributed by atoms with E-state index < -0.39 is 0 Å². The molecule has 1 atom stereocenters. The van der Waals surface area contributed by atoms with Crippen molar-refractivity contribution in [3.63, 3.8) is 0 Å². The molecule has 0 spiro atoms. The van der Waals surface area contributed by atoms with Crippen LogP contribution in [0.1, 0.15) is 20.3 Å². The van der Waals surface area contributed by atoms with Crippen LogP contribution in [-0.4, -0.2) is 26.1 Å². The number of hydrogen-bond donors (Lipinski definition) is 0. The van der Waals surface area contributed by atoms with Crippen molar-refractivity contribution in [1.29, 1.82) is 0 Å². The summed E-state index contributed by atoms with van der Waals surface area (Å²) in [6.45, 7) is 5.51. The van der Waals surface area contributed by atoms with E-state index in [0.29, 0.717) is 24.7 Å². The number of rotatable bonds is 6. The van der Waals surface area contributed by atoms with Crippen LogP contribution in [0.25, 0.3) is 0 Å². The van der Waals surface area contributed by atoms with E-state index >= 15 is 0 Å². The zero-order valence-corrected chi connectivity index (χ0v) is 10.3. The molecule has 2 rings (SSSR count). The molecule has 4 nitrogen and oxygen atoms in total. The predicted molar refractivity (Wildman–Crippen MR) is 63.8 cm³/mol. The lowest BCUT2D eigenvalue weighted by molar-refractivity contribution is 0.0420. The van der Waals surface area contributed by atoms with Gasteiger partial charge in [0, 0.05) is 0 Å². The molecular formula is C13H18O4. The lowest BCUT2D eigenvalue weighted by Crippen LogP contribution is -2.13. The zero-order chi connectivity index (χ0) is 12.1. The van der Waals surface area contributed by atoms with E-state index in [9.17, 15) is 0 Å². The number of para-hydroxylation sites is 1. The van der Waals surface area contributed by atoms with E-state index in [-0.39, 0.29) is 12.9 Å². The first-order valence-electron chi connectivity index (χ1n) is 5.94. The fraction of sp³-hybridized carbons (Fsp3) is 0.538. The Morgan fingerprint density at radius 1 is 1.29 bits per heavy atom. The van der Waals surface area contributed by atoms with Crippen LogP contribution in [-0.2, 0) is 4.74 Å². The molecule has 0 fully saturated rings. The largest absolute Gasteiger partial charge is 0.487 e. The second-order valence-corrected chi connectivity index (χ2v) is 3.93. The van der Waals surface area contributed by atoms with Crippen molar-refractivity contribution in [2.75, 3.05) is 20.0 Å². The lowest BCUT2D eigenvalue weighted by Gasteiger charge is -2.12. The number of hydrogen-bond acceptors (Lipinski definition) is 4. The van der Waals surface area contributed by atoms with E-state index in [4.69, 9.17) is 18.9 Å². The maximum Gasteiger partial charge on any atom is 0.231 e. The number of ether oxygens (including phenoxy) is 4. The van der Waals surface area contributed by atoms with Gasteiger partial charge in [0.2, 0.25) is 12.5 Å². The van der Waals surface area contributed by atoms with E-state index in [1.165, 1.54) is 0 Å². The normalized spacial score (nSPS) is 14.7. The Morgan fingerprint density at radius 3 is 3.00 bits per heavy atom. The molecule has 1 heterocycles. The Bertz CT molecular complexity index is 364. The Balaban J connectivity index is 1.82. The summed E-state index contributed by atoms with van der Waals surface area (Å²) in [6.07, 6.45) is 1.29. The molecule has 4 heteroatoms. The second-order valence-electron chi connectivity index (χ2n) is 3.93. The Morgan fingerprint density at radius 2 is 2.18 bits per heavy atom. The zero-order valence-electron chi connectivity index (χ0n) is 10.3. The molecule has 0 bridgehead atoms. The highest BCUT2D eigenvalue weighted by Crippen LogP contribution is 2.40. The summed E-state index contributed by atoms with van der Waals surface area (Å²) in [5.41, 5.74) is 0. The van der Waals surface area contributed by atoms with Crippen LogP contribution < -0.4 is 14.2 Å². The van der Waals surface area contributed by atoms with Gasteiger partial charge in [0.15, 0.2) is 11.5 Å². The molecule has 0 N–H and O–H groups in total. The average molecular weight is 238 g/mol. The first-order valence-corrected chi connectivity index (χ1v) is 5.94. The highest BCUT2D eigenvalue weighted by molar-refractivity contribution is 5.52. The van der Waals surface area contributed by atoms with Crippen LogP contribution in [0.5, 0.6) is 17.2 Å². The molecule has 1 aliphatic heterocycles. The third-order valence-corrected chi connectivity index (χ3v) is 2.68.